The van der Waals surface area contributed by atoms with Crippen LogP contribution in [0.3, 0.4) is 0 Å². The average molecular weight is 231 g/mol. The van der Waals surface area contributed by atoms with Crippen molar-refractivity contribution in [3.05, 3.63) is 47.6 Å². The van der Waals surface area contributed by atoms with Gasteiger partial charge in [0.15, 0.2) is 5.82 Å². The van der Waals surface area contributed by atoms with Gasteiger partial charge in [0.2, 0.25) is 5.89 Å². The molecule has 90 valence electrons. The van der Waals surface area contributed by atoms with Crippen molar-refractivity contribution in [3.8, 4) is 0 Å². The lowest BCUT2D eigenvalue weighted by Gasteiger charge is -2.20. The summed E-state index contributed by atoms with van der Waals surface area (Å²) < 4.78 is 5.19. The van der Waals surface area contributed by atoms with Crippen LogP contribution in [0.25, 0.3) is 0 Å². The smallest absolute Gasteiger partial charge is 0.240 e. The molecule has 2 rings (SSSR count). The molecule has 0 amide bonds. The van der Waals surface area contributed by atoms with Crippen LogP contribution in [-0.2, 0) is 12.0 Å². The fourth-order valence-corrected chi connectivity index (χ4v) is 1.72. The topological polar surface area (TPSA) is 51.0 Å². The van der Waals surface area contributed by atoms with Gasteiger partial charge in [-0.15, -0.1) is 0 Å². The molecule has 0 aliphatic carbocycles. The van der Waals surface area contributed by atoms with E-state index in [2.05, 4.69) is 41.4 Å². The summed E-state index contributed by atoms with van der Waals surface area (Å²) in [4.78, 5) is 4.41. The van der Waals surface area contributed by atoms with E-state index in [1.807, 2.05) is 25.2 Å². The van der Waals surface area contributed by atoms with E-state index in [9.17, 15) is 0 Å². The van der Waals surface area contributed by atoms with Gasteiger partial charge < -0.3 is 9.84 Å². The molecule has 1 N–H and O–H groups in total. The number of aromatic nitrogens is 2. The summed E-state index contributed by atoms with van der Waals surface area (Å²) in [6.07, 6.45) is 0. The van der Waals surface area contributed by atoms with Crippen LogP contribution in [0.15, 0.2) is 34.9 Å². The molecule has 17 heavy (non-hydrogen) atoms. The quantitative estimate of drug-likeness (QED) is 0.875. The predicted octanol–water partition coefficient (Wildman–Crippen LogP) is 2.11. The van der Waals surface area contributed by atoms with Crippen molar-refractivity contribution in [3.63, 3.8) is 0 Å². The number of benzene rings is 1. The van der Waals surface area contributed by atoms with E-state index in [-0.39, 0.29) is 5.41 Å². The van der Waals surface area contributed by atoms with E-state index >= 15 is 0 Å². The van der Waals surface area contributed by atoms with Crippen molar-refractivity contribution < 1.29 is 4.52 Å². The summed E-state index contributed by atoms with van der Waals surface area (Å²) in [6.45, 7) is 4.78. The number of rotatable bonds is 4. The lowest BCUT2D eigenvalue weighted by molar-refractivity contribution is 0.360. The van der Waals surface area contributed by atoms with Crippen molar-refractivity contribution >= 4 is 0 Å². The summed E-state index contributed by atoms with van der Waals surface area (Å²) in [6, 6.07) is 10.2. The van der Waals surface area contributed by atoms with E-state index < -0.39 is 0 Å². The van der Waals surface area contributed by atoms with E-state index in [4.69, 9.17) is 4.52 Å². The first kappa shape index (κ1) is 11.8. The van der Waals surface area contributed by atoms with Gasteiger partial charge in [-0.3, -0.25) is 0 Å². The van der Waals surface area contributed by atoms with Gasteiger partial charge >= 0.3 is 0 Å². The van der Waals surface area contributed by atoms with Crippen LogP contribution in [0.1, 0.15) is 31.1 Å². The Morgan fingerprint density at radius 1 is 1.24 bits per heavy atom. The summed E-state index contributed by atoms with van der Waals surface area (Å²) in [5.41, 5.74) is 0.938. The highest BCUT2D eigenvalue weighted by atomic mass is 16.5. The number of hydrogen-bond acceptors (Lipinski definition) is 4. The Bertz CT molecular complexity index is 476. The van der Waals surface area contributed by atoms with Crippen molar-refractivity contribution in [2.75, 3.05) is 7.05 Å². The lowest BCUT2D eigenvalue weighted by atomic mass is 9.84. The minimum absolute atomic E-state index is 0.239. The molecular weight excluding hydrogens is 214 g/mol. The molecule has 0 atom stereocenters. The van der Waals surface area contributed by atoms with Gasteiger partial charge in [0, 0.05) is 0 Å². The molecule has 4 nitrogen and oxygen atoms in total. The third-order valence-corrected chi connectivity index (χ3v) is 2.85. The van der Waals surface area contributed by atoms with Gasteiger partial charge in [0.1, 0.15) is 0 Å². The minimum Gasteiger partial charge on any atom is -0.338 e. The number of nitrogens with zero attached hydrogens (tertiary/aromatic N) is 2. The van der Waals surface area contributed by atoms with Crippen LogP contribution in [0.5, 0.6) is 0 Å². The molecular formula is C13H17N3O. The standard InChI is InChI=1S/C13H17N3O/c1-13(2,10-7-5-4-6-8-10)12-15-11(9-14-3)17-16-12/h4-8,14H,9H2,1-3H3. The molecule has 0 saturated heterocycles. The van der Waals surface area contributed by atoms with Gasteiger partial charge in [0.25, 0.3) is 0 Å². The molecule has 0 aliphatic heterocycles. The lowest BCUT2D eigenvalue weighted by Crippen LogP contribution is -2.20. The number of hydrogen-bond donors (Lipinski definition) is 1. The molecule has 0 unspecified atom stereocenters. The van der Waals surface area contributed by atoms with Gasteiger partial charge in [-0.2, -0.15) is 4.98 Å². The second-order valence-electron chi connectivity index (χ2n) is 4.53. The normalized spacial score (nSPS) is 11.7. The predicted molar refractivity (Wildman–Crippen MR) is 65.6 cm³/mol. The van der Waals surface area contributed by atoms with Crippen LogP contribution in [0, 0.1) is 0 Å². The summed E-state index contributed by atoms with van der Waals surface area (Å²) in [5, 5.41) is 7.05. The van der Waals surface area contributed by atoms with Crippen LogP contribution in [0.4, 0.5) is 0 Å². The molecule has 0 spiro atoms. The summed E-state index contributed by atoms with van der Waals surface area (Å²) >= 11 is 0. The Balaban J connectivity index is 2.31. The van der Waals surface area contributed by atoms with Gasteiger partial charge in [-0.1, -0.05) is 35.5 Å². The van der Waals surface area contributed by atoms with Crippen molar-refractivity contribution in [2.24, 2.45) is 0 Å². The molecule has 1 aromatic carbocycles. The van der Waals surface area contributed by atoms with Crippen molar-refractivity contribution in [2.45, 2.75) is 25.8 Å². The Morgan fingerprint density at radius 3 is 2.59 bits per heavy atom. The van der Waals surface area contributed by atoms with Gasteiger partial charge in [-0.05, 0) is 26.5 Å². The first-order valence-corrected chi connectivity index (χ1v) is 5.68. The van der Waals surface area contributed by atoms with Crippen LogP contribution in [-0.4, -0.2) is 17.2 Å². The van der Waals surface area contributed by atoms with Crippen molar-refractivity contribution in [1.82, 2.24) is 15.5 Å². The maximum absolute atomic E-state index is 5.19. The Kier molecular flexibility index (Phi) is 3.24. The van der Waals surface area contributed by atoms with Crippen molar-refractivity contribution in [1.29, 1.82) is 0 Å². The van der Waals surface area contributed by atoms with E-state index in [1.54, 1.807) is 0 Å². The SMILES string of the molecule is CNCc1nc(C(C)(C)c2ccccc2)no1. The zero-order chi connectivity index (χ0) is 12.3. The zero-order valence-corrected chi connectivity index (χ0v) is 10.4. The van der Waals surface area contributed by atoms with E-state index in [0.29, 0.717) is 18.3 Å². The highest BCUT2D eigenvalue weighted by molar-refractivity contribution is 5.30. The first-order chi connectivity index (χ1) is 8.14. The third kappa shape index (κ3) is 2.36. The Hall–Kier alpha value is -1.68. The molecule has 4 heteroatoms. The molecule has 0 radical (unpaired) electrons. The summed E-state index contributed by atoms with van der Waals surface area (Å²) in [5.74, 6) is 1.33. The Morgan fingerprint density at radius 2 is 1.94 bits per heavy atom. The fraction of sp³-hybridized carbons (Fsp3) is 0.385. The molecule has 0 saturated carbocycles. The minimum atomic E-state index is -0.239. The van der Waals surface area contributed by atoms with Crippen LogP contribution in [0.2, 0.25) is 0 Å². The van der Waals surface area contributed by atoms with E-state index in [0.717, 1.165) is 0 Å². The second kappa shape index (κ2) is 4.67. The molecule has 1 heterocycles. The molecule has 2 aromatic rings. The second-order valence-corrected chi connectivity index (χ2v) is 4.53. The van der Waals surface area contributed by atoms with Gasteiger partial charge in [0.05, 0.1) is 12.0 Å². The zero-order valence-electron chi connectivity index (χ0n) is 10.4. The maximum atomic E-state index is 5.19. The first-order valence-electron chi connectivity index (χ1n) is 5.68. The third-order valence-electron chi connectivity index (χ3n) is 2.85. The fourth-order valence-electron chi connectivity index (χ4n) is 1.72. The maximum Gasteiger partial charge on any atom is 0.240 e. The highest BCUT2D eigenvalue weighted by Gasteiger charge is 2.28. The number of nitrogens with one attached hydrogen (secondary N) is 1. The molecule has 0 aliphatic rings. The largest absolute Gasteiger partial charge is 0.338 e. The molecule has 1 aromatic heterocycles. The monoisotopic (exact) mass is 231 g/mol. The molecule has 0 bridgehead atoms. The van der Waals surface area contributed by atoms with E-state index in [1.165, 1.54) is 5.56 Å². The highest BCUT2D eigenvalue weighted by Crippen LogP contribution is 2.28. The Labute approximate surface area is 101 Å². The van der Waals surface area contributed by atoms with Crippen LogP contribution < -0.4 is 5.32 Å². The average Bonchev–Trinajstić information content (AvgIpc) is 2.80. The molecule has 0 fully saturated rings. The summed E-state index contributed by atoms with van der Waals surface area (Å²) in [7, 11) is 1.85. The van der Waals surface area contributed by atoms with Gasteiger partial charge in [-0.25, -0.2) is 0 Å². The van der Waals surface area contributed by atoms with Crippen LogP contribution >= 0.6 is 0 Å².